The standard InChI is InChI=1S/C22H29NO4/c1-22(2,3)27-21(25)23(14-7-15-24)16-18-10-12-20(13-11-18)26-17-19-8-5-4-6-9-19/h4-6,8-13,24H,7,14-17H2,1-3H3. The van der Waals surface area contributed by atoms with Crippen LogP contribution >= 0.6 is 0 Å². The van der Waals surface area contributed by atoms with E-state index in [9.17, 15) is 4.79 Å². The SMILES string of the molecule is CC(C)(C)OC(=O)N(CCCO)Cc1ccc(OCc2ccccc2)cc1. The Morgan fingerprint density at radius 1 is 1.00 bits per heavy atom. The lowest BCUT2D eigenvalue weighted by atomic mass is 10.2. The number of amides is 1. The molecule has 0 aliphatic rings. The molecule has 0 bridgehead atoms. The molecule has 0 heterocycles. The van der Waals surface area contributed by atoms with E-state index in [-0.39, 0.29) is 12.7 Å². The first-order chi connectivity index (χ1) is 12.9. The summed E-state index contributed by atoms with van der Waals surface area (Å²) >= 11 is 0. The fraction of sp³-hybridized carbons (Fsp3) is 0.409. The topological polar surface area (TPSA) is 59.0 Å². The number of hydrogen-bond donors (Lipinski definition) is 1. The number of carbonyl (C=O) groups excluding carboxylic acids is 1. The molecule has 27 heavy (non-hydrogen) atoms. The van der Waals surface area contributed by atoms with Crippen LogP contribution in [0.15, 0.2) is 54.6 Å². The van der Waals surface area contributed by atoms with Gasteiger partial charge in [0.05, 0.1) is 0 Å². The lowest BCUT2D eigenvalue weighted by Crippen LogP contribution is -2.37. The van der Waals surface area contributed by atoms with E-state index in [1.54, 1.807) is 4.90 Å². The van der Waals surface area contributed by atoms with Gasteiger partial charge in [-0.1, -0.05) is 42.5 Å². The number of hydrogen-bond acceptors (Lipinski definition) is 4. The highest BCUT2D eigenvalue weighted by atomic mass is 16.6. The van der Waals surface area contributed by atoms with Gasteiger partial charge in [-0.15, -0.1) is 0 Å². The van der Waals surface area contributed by atoms with Crippen LogP contribution in [0.3, 0.4) is 0 Å². The van der Waals surface area contributed by atoms with Crippen LogP contribution in [-0.4, -0.2) is 34.9 Å². The number of benzene rings is 2. The minimum absolute atomic E-state index is 0.0333. The minimum atomic E-state index is -0.552. The Morgan fingerprint density at radius 3 is 2.26 bits per heavy atom. The van der Waals surface area contributed by atoms with E-state index >= 15 is 0 Å². The van der Waals surface area contributed by atoms with Crippen molar-refractivity contribution in [1.29, 1.82) is 0 Å². The van der Waals surface area contributed by atoms with Gasteiger partial charge in [-0.3, -0.25) is 0 Å². The van der Waals surface area contributed by atoms with E-state index in [1.807, 2.05) is 75.4 Å². The predicted octanol–water partition coefficient (Wildman–Crippen LogP) is 4.39. The zero-order chi connectivity index (χ0) is 19.7. The number of aliphatic hydroxyl groups is 1. The summed E-state index contributed by atoms with van der Waals surface area (Å²) in [4.78, 5) is 14.0. The number of nitrogens with zero attached hydrogens (tertiary/aromatic N) is 1. The molecule has 0 aromatic heterocycles. The van der Waals surface area contributed by atoms with Crippen molar-refractivity contribution >= 4 is 6.09 Å². The fourth-order valence-electron chi connectivity index (χ4n) is 2.48. The van der Waals surface area contributed by atoms with Crippen molar-refractivity contribution in [2.24, 2.45) is 0 Å². The van der Waals surface area contributed by atoms with Crippen LogP contribution < -0.4 is 4.74 Å². The summed E-state index contributed by atoms with van der Waals surface area (Å²) < 4.78 is 11.3. The molecule has 0 spiro atoms. The number of aliphatic hydroxyl groups excluding tert-OH is 1. The Labute approximate surface area is 161 Å². The highest BCUT2D eigenvalue weighted by molar-refractivity contribution is 5.68. The third kappa shape index (κ3) is 7.71. The van der Waals surface area contributed by atoms with Gasteiger partial charge >= 0.3 is 6.09 Å². The third-order valence-electron chi connectivity index (χ3n) is 3.78. The van der Waals surface area contributed by atoms with Crippen molar-refractivity contribution in [3.63, 3.8) is 0 Å². The second-order valence-electron chi connectivity index (χ2n) is 7.40. The molecule has 0 saturated heterocycles. The molecule has 2 rings (SSSR count). The molecule has 0 aliphatic carbocycles. The number of rotatable bonds is 8. The average molecular weight is 371 g/mol. The summed E-state index contributed by atoms with van der Waals surface area (Å²) in [7, 11) is 0. The van der Waals surface area contributed by atoms with Crippen LogP contribution in [0.4, 0.5) is 4.79 Å². The summed E-state index contributed by atoms with van der Waals surface area (Å²) in [6.45, 7) is 6.94. The van der Waals surface area contributed by atoms with Gasteiger partial charge in [-0.05, 0) is 50.5 Å². The van der Waals surface area contributed by atoms with Crippen molar-refractivity contribution in [3.05, 3.63) is 65.7 Å². The maximum absolute atomic E-state index is 12.4. The average Bonchev–Trinajstić information content (AvgIpc) is 2.64. The molecule has 0 fully saturated rings. The van der Waals surface area contributed by atoms with Gasteiger partial charge in [-0.25, -0.2) is 4.79 Å². The summed E-state index contributed by atoms with van der Waals surface area (Å²) in [6.07, 6.45) is 0.137. The van der Waals surface area contributed by atoms with Crippen LogP contribution in [0, 0.1) is 0 Å². The van der Waals surface area contributed by atoms with E-state index in [0.29, 0.717) is 26.1 Å². The zero-order valence-corrected chi connectivity index (χ0v) is 16.4. The molecule has 1 N–H and O–H groups in total. The van der Waals surface area contributed by atoms with Crippen molar-refractivity contribution in [3.8, 4) is 5.75 Å². The van der Waals surface area contributed by atoms with E-state index in [1.165, 1.54) is 0 Å². The van der Waals surface area contributed by atoms with Crippen LogP contribution in [0.25, 0.3) is 0 Å². The van der Waals surface area contributed by atoms with Crippen molar-refractivity contribution in [1.82, 2.24) is 4.90 Å². The predicted molar refractivity (Wildman–Crippen MR) is 106 cm³/mol. The lowest BCUT2D eigenvalue weighted by molar-refractivity contribution is 0.0224. The Kier molecular flexibility index (Phi) is 7.67. The molecular weight excluding hydrogens is 342 g/mol. The molecule has 2 aromatic rings. The van der Waals surface area contributed by atoms with Gasteiger partial charge in [0.15, 0.2) is 0 Å². The van der Waals surface area contributed by atoms with Crippen molar-refractivity contribution in [2.45, 2.75) is 45.9 Å². The van der Waals surface area contributed by atoms with Gasteiger partial charge < -0.3 is 19.5 Å². The van der Waals surface area contributed by atoms with Gasteiger partial charge in [-0.2, -0.15) is 0 Å². The summed E-state index contributed by atoms with van der Waals surface area (Å²) in [5.74, 6) is 0.779. The Morgan fingerprint density at radius 2 is 1.67 bits per heavy atom. The summed E-state index contributed by atoms with van der Waals surface area (Å²) in [5.41, 5.74) is 1.54. The normalized spacial score (nSPS) is 11.1. The molecule has 5 heteroatoms. The smallest absolute Gasteiger partial charge is 0.410 e. The first-order valence-corrected chi connectivity index (χ1v) is 9.22. The van der Waals surface area contributed by atoms with Gasteiger partial charge in [0.25, 0.3) is 0 Å². The van der Waals surface area contributed by atoms with Crippen LogP contribution in [0.2, 0.25) is 0 Å². The van der Waals surface area contributed by atoms with Gasteiger partial charge in [0.2, 0.25) is 0 Å². The molecule has 0 unspecified atom stereocenters. The van der Waals surface area contributed by atoms with E-state index in [2.05, 4.69) is 0 Å². The Hall–Kier alpha value is -2.53. The molecular formula is C22H29NO4. The molecule has 1 amide bonds. The lowest BCUT2D eigenvalue weighted by Gasteiger charge is -2.27. The van der Waals surface area contributed by atoms with Crippen molar-refractivity contribution < 1.29 is 19.4 Å². The molecule has 5 nitrogen and oxygen atoms in total. The van der Waals surface area contributed by atoms with E-state index in [4.69, 9.17) is 14.6 Å². The maximum Gasteiger partial charge on any atom is 0.410 e. The van der Waals surface area contributed by atoms with Crippen molar-refractivity contribution in [2.75, 3.05) is 13.2 Å². The summed E-state index contributed by atoms with van der Waals surface area (Å²) in [6, 6.07) is 17.7. The van der Waals surface area contributed by atoms with Gasteiger partial charge in [0.1, 0.15) is 18.0 Å². The number of carbonyl (C=O) groups is 1. The van der Waals surface area contributed by atoms with E-state index < -0.39 is 5.60 Å². The molecule has 2 aromatic carbocycles. The molecule has 0 radical (unpaired) electrons. The fourth-order valence-corrected chi connectivity index (χ4v) is 2.48. The minimum Gasteiger partial charge on any atom is -0.489 e. The van der Waals surface area contributed by atoms with Crippen LogP contribution in [-0.2, 0) is 17.9 Å². The first kappa shape index (κ1) is 20.8. The van der Waals surface area contributed by atoms with Crippen LogP contribution in [0.5, 0.6) is 5.75 Å². The first-order valence-electron chi connectivity index (χ1n) is 9.22. The van der Waals surface area contributed by atoms with Gasteiger partial charge in [0, 0.05) is 19.7 Å². The number of ether oxygens (including phenoxy) is 2. The Bertz CT molecular complexity index is 693. The monoisotopic (exact) mass is 371 g/mol. The third-order valence-corrected chi connectivity index (χ3v) is 3.78. The molecule has 0 atom stereocenters. The maximum atomic E-state index is 12.4. The summed E-state index contributed by atoms with van der Waals surface area (Å²) in [5, 5.41) is 9.09. The largest absolute Gasteiger partial charge is 0.489 e. The highest BCUT2D eigenvalue weighted by Gasteiger charge is 2.22. The quantitative estimate of drug-likeness (QED) is 0.748. The molecule has 0 aliphatic heterocycles. The highest BCUT2D eigenvalue weighted by Crippen LogP contribution is 2.17. The zero-order valence-electron chi connectivity index (χ0n) is 16.4. The molecule has 0 saturated carbocycles. The molecule has 146 valence electrons. The second-order valence-corrected chi connectivity index (χ2v) is 7.40. The second kappa shape index (κ2) is 9.97. The van der Waals surface area contributed by atoms with Crippen LogP contribution in [0.1, 0.15) is 38.3 Å². The van der Waals surface area contributed by atoms with E-state index in [0.717, 1.165) is 16.9 Å². The Balaban J connectivity index is 1.95.